The molecule has 0 aromatic carbocycles. The van der Waals surface area contributed by atoms with Gasteiger partial charge in [0.2, 0.25) is 0 Å². The number of hydrogen-bond donors (Lipinski definition) is 0. The second-order valence-corrected chi connectivity index (χ2v) is 4.10. The second-order valence-electron chi connectivity index (χ2n) is 4.10. The van der Waals surface area contributed by atoms with Crippen molar-refractivity contribution in [2.45, 2.75) is 53.0 Å². The Morgan fingerprint density at radius 1 is 1.43 bits per heavy atom. The van der Waals surface area contributed by atoms with Crippen LogP contribution < -0.4 is 0 Å². The molecule has 1 aromatic rings. The van der Waals surface area contributed by atoms with Crippen LogP contribution >= 0.6 is 0 Å². The first kappa shape index (κ1) is 11.3. The summed E-state index contributed by atoms with van der Waals surface area (Å²) in [5, 5.41) is 0. The first-order valence-corrected chi connectivity index (χ1v) is 5.74. The molecule has 14 heavy (non-hydrogen) atoms. The second kappa shape index (κ2) is 5.84. The van der Waals surface area contributed by atoms with Gasteiger partial charge in [0.05, 0.1) is 6.33 Å². The van der Waals surface area contributed by atoms with E-state index in [-0.39, 0.29) is 0 Å². The molecule has 1 rings (SSSR count). The zero-order valence-corrected chi connectivity index (χ0v) is 9.66. The van der Waals surface area contributed by atoms with Gasteiger partial charge in [0.1, 0.15) is 0 Å². The van der Waals surface area contributed by atoms with Crippen molar-refractivity contribution in [3.8, 4) is 0 Å². The molecule has 1 heterocycles. The van der Waals surface area contributed by atoms with Gasteiger partial charge in [0.15, 0.2) is 0 Å². The topological polar surface area (TPSA) is 17.8 Å². The normalized spacial score (nSPS) is 13.1. The molecule has 0 fully saturated rings. The summed E-state index contributed by atoms with van der Waals surface area (Å²) in [5.74, 6) is 0.822. The molecule has 80 valence electrons. The van der Waals surface area contributed by atoms with Gasteiger partial charge in [-0.2, -0.15) is 0 Å². The third kappa shape index (κ3) is 3.17. The molecule has 0 bridgehead atoms. The van der Waals surface area contributed by atoms with Crippen LogP contribution in [0.1, 0.15) is 45.2 Å². The van der Waals surface area contributed by atoms with Gasteiger partial charge in [-0.25, -0.2) is 4.98 Å². The maximum absolute atomic E-state index is 4.15. The number of nitrogens with zero attached hydrogens (tertiary/aromatic N) is 2. The van der Waals surface area contributed by atoms with Crippen molar-refractivity contribution in [2.75, 3.05) is 0 Å². The van der Waals surface area contributed by atoms with E-state index in [0.717, 1.165) is 12.5 Å². The fourth-order valence-electron chi connectivity index (χ4n) is 1.77. The predicted molar refractivity (Wildman–Crippen MR) is 60.3 cm³/mol. The smallest absolute Gasteiger partial charge is 0.0948 e. The van der Waals surface area contributed by atoms with Crippen LogP contribution in [-0.4, -0.2) is 9.55 Å². The first-order chi connectivity index (χ1) is 6.77. The highest BCUT2D eigenvalue weighted by Gasteiger charge is 2.07. The largest absolute Gasteiger partial charge is 0.335 e. The Bertz CT molecular complexity index is 253. The number of rotatable bonds is 6. The van der Waals surface area contributed by atoms with E-state index in [0.29, 0.717) is 0 Å². The van der Waals surface area contributed by atoms with E-state index in [9.17, 15) is 0 Å². The Balaban J connectivity index is 2.44. The van der Waals surface area contributed by atoms with Crippen molar-refractivity contribution in [3.63, 3.8) is 0 Å². The van der Waals surface area contributed by atoms with Gasteiger partial charge in [-0.3, -0.25) is 0 Å². The Hall–Kier alpha value is -0.790. The van der Waals surface area contributed by atoms with E-state index >= 15 is 0 Å². The molecule has 0 radical (unpaired) electrons. The van der Waals surface area contributed by atoms with Crippen LogP contribution in [-0.2, 0) is 6.54 Å². The summed E-state index contributed by atoms with van der Waals surface area (Å²) >= 11 is 0. The highest BCUT2D eigenvalue weighted by Crippen LogP contribution is 2.15. The van der Waals surface area contributed by atoms with Crippen molar-refractivity contribution >= 4 is 0 Å². The van der Waals surface area contributed by atoms with E-state index in [1.807, 2.05) is 12.5 Å². The van der Waals surface area contributed by atoms with Crippen LogP contribution in [0.5, 0.6) is 0 Å². The van der Waals surface area contributed by atoms with Crippen LogP contribution in [0, 0.1) is 12.8 Å². The molecule has 1 atom stereocenters. The van der Waals surface area contributed by atoms with Gasteiger partial charge in [-0.05, 0) is 19.3 Å². The lowest BCUT2D eigenvalue weighted by atomic mass is 9.99. The molecule has 0 amide bonds. The lowest BCUT2D eigenvalue weighted by molar-refractivity contribution is 0.387. The average Bonchev–Trinajstić information content (AvgIpc) is 2.59. The fourth-order valence-corrected chi connectivity index (χ4v) is 1.77. The molecular weight excluding hydrogens is 172 g/mol. The minimum atomic E-state index is 0.822. The SMILES string of the molecule is CCCCC(CC)Cn1cncc1C. The summed E-state index contributed by atoms with van der Waals surface area (Å²) in [4.78, 5) is 4.15. The Morgan fingerprint density at radius 2 is 2.21 bits per heavy atom. The highest BCUT2D eigenvalue weighted by molar-refractivity contribution is 4.94. The van der Waals surface area contributed by atoms with Crippen molar-refractivity contribution in [1.82, 2.24) is 9.55 Å². The third-order valence-corrected chi connectivity index (χ3v) is 2.92. The number of aryl methyl sites for hydroxylation is 1. The number of hydrogen-bond acceptors (Lipinski definition) is 1. The van der Waals surface area contributed by atoms with Gasteiger partial charge >= 0.3 is 0 Å². The number of aromatic nitrogens is 2. The maximum Gasteiger partial charge on any atom is 0.0948 e. The molecule has 0 aliphatic rings. The predicted octanol–water partition coefficient (Wildman–Crippen LogP) is 3.41. The highest BCUT2D eigenvalue weighted by atomic mass is 15.0. The fraction of sp³-hybridized carbons (Fsp3) is 0.750. The van der Waals surface area contributed by atoms with Crippen molar-refractivity contribution in [1.29, 1.82) is 0 Å². The van der Waals surface area contributed by atoms with Crippen LogP contribution in [0.2, 0.25) is 0 Å². The van der Waals surface area contributed by atoms with Crippen LogP contribution in [0.15, 0.2) is 12.5 Å². The van der Waals surface area contributed by atoms with Crippen LogP contribution in [0.25, 0.3) is 0 Å². The summed E-state index contributed by atoms with van der Waals surface area (Å²) < 4.78 is 2.27. The Morgan fingerprint density at radius 3 is 2.71 bits per heavy atom. The summed E-state index contributed by atoms with van der Waals surface area (Å²) in [6, 6.07) is 0. The molecule has 2 heteroatoms. The van der Waals surface area contributed by atoms with E-state index in [4.69, 9.17) is 0 Å². The molecule has 1 aromatic heterocycles. The standard InChI is InChI=1S/C12H22N2/c1-4-6-7-12(5-2)9-14-10-13-8-11(14)3/h8,10,12H,4-7,9H2,1-3H3. The Labute approximate surface area is 87.4 Å². The lowest BCUT2D eigenvalue weighted by Gasteiger charge is -2.15. The monoisotopic (exact) mass is 194 g/mol. The molecule has 0 saturated heterocycles. The molecule has 2 nitrogen and oxygen atoms in total. The van der Waals surface area contributed by atoms with E-state index in [2.05, 4.69) is 30.3 Å². The molecule has 0 saturated carbocycles. The summed E-state index contributed by atoms with van der Waals surface area (Å²) in [7, 11) is 0. The minimum absolute atomic E-state index is 0.822. The van der Waals surface area contributed by atoms with E-state index in [1.54, 1.807) is 0 Å². The van der Waals surface area contributed by atoms with Crippen molar-refractivity contribution in [2.24, 2.45) is 5.92 Å². The number of unbranched alkanes of at least 4 members (excludes halogenated alkanes) is 1. The number of imidazole rings is 1. The van der Waals surface area contributed by atoms with E-state index < -0.39 is 0 Å². The minimum Gasteiger partial charge on any atom is -0.335 e. The van der Waals surface area contributed by atoms with Gasteiger partial charge in [0.25, 0.3) is 0 Å². The molecular formula is C12H22N2. The molecule has 1 unspecified atom stereocenters. The van der Waals surface area contributed by atoms with Crippen molar-refractivity contribution < 1.29 is 0 Å². The lowest BCUT2D eigenvalue weighted by Crippen LogP contribution is -2.10. The van der Waals surface area contributed by atoms with Crippen molar-refractivity contribution in [3.05, 3.63) is 18.2 Å². The summed E-state index contributed by atoms with van der Waals surface area (Å²) in [5.41, 5.74) is 1.28. The molecule has 0 aliphatic carbocycles. The zero-order valence-electron chi connectivity index (χ0n) is 9.66. The first-order valence-electron chi connectivity index (χ1n) is 5.74. The van der Waals surface area contributed by atoms with Gasteiger partial charge in [0, 0.05) is 18.4 Å². The van der Waals surface area contributed by atoms with Crippen LogP contribution in [0.3, 0.4) is 0 Å². The van der Waals surface area contributed by atoms with Crippen LogP contribution in [0.4, 0.5) is 0 Å². The maximum atomic E-state index is 4.15. The Kier molecular flexibility index (Phi) is 4.71. The zero-order chi connectivity index (χ0) is 10.4. The van der Waals surface area contributed by atoms with Gasteiger partial charge in [-0.1, -0.05) is 33.1 Å². The van der Waals surface area contributed by atoms with Gasteiger partial charge in [-0.15, -0.1) is 0 Å². The van der Waals surface area contributed by atoms with E-state index in [1.165, 1.54) is 31.4 Å². The molecule has 0 N–H and O–H groups in total. The quantitative estimate of drug-likeness (QED) is 0.678. The molecule has 0 spiro atoms. The molecule has 0 aliphatic heterocycles. The summed E-state index contributed by atoms with van der Waals surface area (Å²) in [6.45, 7) is 7.81. The average molecular weight is 194 g/mol. The van der Waals surface area contributed by atoms with Gasteiger partial charge < -0.3 is 4.57 Å². The summed E-state index contributed by atoms with van der Waals surface area (Å²) in [6.07, 6.45) is 9.17. The third-order valence-electron chi connectivity index (χ3n) is 2.92.